The molecule has 2 aliphatic heterocycles. The van der Waals surface area contributed by atoms with E-state index in [0.717, 1.165) is 12.5 Å². The fourth-order valence-electron chi connectivity index (χ4n) is 2.87. The lowest BCUT2D eigenvalue weighted by Crippen LogP contribution is -2.48. The quantitative estimate of drug-likeness (QED) is 0.521. The Morgan fingerprint density at radius 3 is 2.04 bits per heavy atom. The average Bonchev–Trinajstić information content (AvgIpc) is 2.91. The van der Waals surface area contributed by atoms with Gasteiger partial charge in [0.2, 0.25) is 0 Å². The van der Waals surface area contributed by atoms with Crippen molar-refractivity contribution < 1.29 is 44.1 Å². The molecule has 0 N–H and O–H groups in total. The van der Waals surface area contributed by atoms with Gasteiger partial charge in [-0.05, 0) is 27.7 Å². The molecule has 0 aromatic rings. The van der Waals surface area contributed by atoms with Crippen LogP contribution in [0.1, 0.15) is 27.7 Å². The van der Waals surface area contributed by atoms with Gasteiger partial charge >= 0.3 is 0 Å². The zero-order valence-electron chi connectivity index (χ0n) is 15.6. The van der Waals surface area contributed by atoms with Gasteiger partial charge in [0, 0.05) is 0 Å². The Morgan fingerprint density at radius 1 is 0.962 bits per heavy atom. The molecule has 0 aliphatic carbocycles. The second-order valence-electron chi connectivity index (χ2n) is 7.26. The molecule has 10 nitrogen and oxygen atoms in total. The normalized spacial score (nSPS) is 32.6. The molecule has 2 heterocycles. The first kappa shape index (κ1) is 22.0. The molecule has 26 heavy (non-hydrogen) atoms. The summed E-state index contributed by atoms with van der Waals surface area (Å²) in [4.78, 5) is 0. The second-order valence-corrected chi connectivity index (χ2v) is 10.5. The third-order valence-corrected chi connectivity index (χ3v) is 4.81. The van der Waals surface area contributed by atoms with Gasteiger partial charge in [-0.3, -0.25) is 8.37 Å². The van der Waals surface area contributed by atoms with E-state index in [-0.39, 0.29) is 13.2 Å². The van der Waals surface area contributed by atoms with Crippen LogP contribution in [0.15, 0.2) is 0 Å². The molecule has 0 amide bonds. The van der Waals surface area contributed by atoms with E-state index < -0.39 is 56.2 Å². The summed E-state index contributed by atoms with van der Waals surface area (Å²) in [5, 5.41) is 0. The van der Waals surface area contributed by atoms with Crippen LogP contribution < -0.4 is 0 Å². The van der Waals surface area contributed by atoms with Crippen molar-refractivity contribution in [2.75, 3.05) is 25.7 Å². The smallest absolute Gasteiger partial charge is 0.264 e. The summed E-state index contributed by atoms with van der Waals surface area (Å²) in [5.41, 5.74) is 0. The molecule has 0 aromatic heterocycles. The van der Waals surface area contributed by atoms with Gasteiger partial charge in [-0.15, -0.1) is 0 Å². The number of hydrogen-bond donors (Lipinski definition) is 0. The van der Waals surface area contributed by atoms with Crippen molar-refractivity contribution in [1.29, 1.82) is 0 Å². The Labute approximate surface area is 154 Å². The van der Waals surface area contributed by atoms with Gasteiger partial charge in [0.05, 0.1) is 25.7 Å². The molecule has 2 unspecified atom stereocenters. The molecule has 0 spiro atoms. The molecular weight excluding hydrogens is 392 g/mol. The molecule has 154 valence electrons. The highest BCUT2D eigenvalue weighted by molar-refractivity contribution is 7.86. The third-order valence-electron chi connectivity index (χ3n) is 3.67. The van der Waals surface area contributed by atoms with Crippen LogP contribution in [-0.4, -0.2) is 78.6 Å². The van der Waals surface area contributed by atoms with Crippen molar-refractivity contribution in [3.8, 4) is 0 Å². The molecule has 2 saturated heterocycles. The van der Waals surface area contributed by atoms with Crippen molar-refractivity contribution in [3.63, 3.8) is 0 Å². The van der Waals surface area contributed by atoms with Crippen LogP contribution in [-0.2, 0) is 47.5 Å². The molecule has 0 radical (unpaired) electrons. The average molecular weight is 418 g/mol. The second kappa shape index (κ2) is 7.24. The first-order valence-electron chi connectivity index (χ1n) is 7.97. The van der Waals surface area contributed by atoms with Crippen molar-refractivity contribution in [2.24, 2.45) is 0 Å². The fraction of sp³-hybridized carbons (Fsp3) is 1.00. The molecular formula is C14H26O10S2. The maximum atomic E-state index is 11.8. The standard InChI is InChI=1S/C14H26O10S2/c1-13(2)19-7-9(21-13)12(24-26(6,17)18)11-10(8-20-25(5,15)16)22-14(3,4)23-11/h9-12H,7-8H2,1-6H3/t9?,10?,11-,12+/m1/s1. The monoisotopic (exact) mass is 418 g/mol. The zero-order valence-corrected chi connectivity index (χ0v) is 17.3. The van der Waals surface area contributed by atoms with Gasteiger partial charge in [-0.2, -0.15) is 16.8 Å². The maximum Gasteiger partial charge on any atom is 0.264 e. The SMILES string of the molecule is CC1(C)OCC([C@H](OS(C)(=O)=O)[C@@H]2OC(C)(C)OC2COS(C)(=O)=O)O1. The highest BCUT2D eigenvalue weighted by Crippen LogP contribution is 2.36. The highest BCUT2D eigenvalue weighted by Gasteiger charge is 2.52. The molecule has 2 aliphatic rings. The fourth-order valence-corrected chi connectivity index (χ4v) is 3.89. The van der Waals surface area contributed by atoms with Crippen LogP contribution in [0.3, 0.4) is 0 Å². The van der Waals surface area contributed by atoms with E-state index in [2.05, 4.69) is 0 Å². The minimum Gasteiger partial charge on any atom is -0.348 e. The highest BCUT2D eigenvalue weighted by atomic mass is 32.2. The van der Waals surface area contributed by atoms with Gasteiger partial charge in [0.15, 0.2) is 11.6 Å². The van der Waals surface area contributed by atoms with Crippen molar-refractivity contribution in [2.45, 2.75) is 63.7 Å². The molecule has 0 bridgehead atoms. The summed E-state index contributed by atoms with van der Waals surface area (Å²) in [6, 6.07) is 0. The third kappa shape index (κ3) is 6.37. The summed E-state index contributed by atoms with van der Waals surface area (Å²) in [6.07, 6.45) is -1.90. The maximum absolute atomic E-state index is 11.8. The summed E-state index contributed by atoms with van der Waals surface area (Å²) in [6.45, 7) is 6.33. The summed E-state index contributed by atoms with van der Waals surface area (Å²) < 4.78 is 78.8. The van der Waals surface area contributed by atoms with Crippen LogP contribution in [0, 0.1) is 0 Å². The lowest BCUT2D eigenvalue weighted by Gasteiger charge is -2.29. The van der Waals surface area contributed by atoms with Crippen LogP contribution >= 0.6 is 0 Å². The molecule has 0 saturated carbocycles. The lowest BCUT2D eigenvalue weighted by molar-refractivity contribution is -0.174. The minimum absolute atomic E-state index is 0.0765. The Bertz CT molecular complexity index is 712. The van der Waals surface area contributed by atoms with Gasteiger partial charge in [-0.25, -0.2) is 0 Å². The van der Waals surface area contributed by atoms with Gasteiger partial charge in [0.25, 0.3) is 20.2 Å². The van der Waals surface area contributed by atoms with E-state index in [1.807, 2.05) is 0 Å². The zero-order chi connectivity index (χ0) is 20.0. The molecule has 12 heteroatoms. The van der Waals surface area contributed by atoms with Crippen LogP contribution in [0.5, 0.6) is 0 Å². The lowest BCUT2D eigenvalue weighted by atomic mass is 10.0. The molecule has 2 fully saturated rings. The first-order chi connectivity index (χ1) is 11.6. The predicted molar refractivity (Wildman–Crippen MR) is 89.2 cm³/mol. The van der Waals surface area contributed by atoms with Crippen LogP contribution in [0.25, 0.3) is 0 Å². The largest absolute Gasteiger partial charge is 0.348 e. The van der Waals surface area contributed by atoms with Crippen LogP contribution in [0.2, 0.25) is 0 Å². The summed E-state index contributed by atoms with van der Waals surface area (Å²) in [7, 11) is -7.59. The van der Waals surface area contributed by atoms with Crippen molar-refractivity contribution in [1.82, 2.24) is 0 Å². The minimum atomic E-state index is -3.87. The van der Waals surface area contributed by atoms with Crippen molar-refractivity contribution >= 4 is 20.2 Å². The van der Waals surface area contributed by atoms with Gasteiger partial charge in [-0.1, -0.05) is 0 Å². The van der Waals surface area contributed by atoms with E-state index in [1.165, 1.54) is 0 Å². The van der Waals surface area contributed by atoms with Gasteiger partial charge < -0.3 is 18.9 Å². The van der Waals surface area contributed by atoms with Gasteiger partial charge in [0.1, 0.15) is 24.4 Å². The first-order valence-corrected chi connectivity index (χ1v) is 11.6. The Balaban J connectivity index is 2.27. The van der Waals surface area contributed by atoms with E-state index >= 15 is 0 Å². The molecule has 4 atom stereocenters. The van der Waals surface area contributed by atoms with Crippen molar-refractivity contribution in [3.05, 3.63) is 0 Å². The topological polar surface area (TPSA) is 124 Å². The number of hydrogen-bond acceptors (Lipinski definition) is 10. The molecule has 0 aromatic carbocycles. The number of ether oxygens (including phenoxy) is 4. The predicted octanol–water partition coefficient (Wildman–Crippen LogP) is -0.0210. The van der Waals surface area contributed by atoms with E-state index in [0.29, 0.717) is 0 Å². The number of rotatable bonds is 7. The Hall–Kier alpha value is -0.340. The van der Waals surface area contributed by atoms with Crippen LogP contribution in [0.4, 0.5) is 0 Å². The molecule has 2 rings (SSSR count). The summed E-state index contributed by atoms with van der Waals surface area (Å²) >= 11 is 0. The Kier molecular flexibility index (Phi) is 6.12. The summed E-state index contributed by atoms with van der Waals surface area (Å²) in [5.74, 6) is -2.01. The van der Waals surface area contributed by atoms with E-state index in [1.54, 1.807) is 27.7 Å². The van der Waals surface area contributed by atoms with E-state index in [9.17, 15) is 16.8 Å². The van der Waals surface area contributed by atoms with E-state index in [4.69, 9.17) is 27.3 Å². The Morgan fingerprint density at radius 2 is 1.58 bits per heavy atom.